The summed E-state index contributed by atoms with van der Waals surface area (Å²) in [6.07, 6.45) is 1.43. The second-order valence-electron chi connectivity index (χ2n) is 6.86. The quantitative estimate of drug-likeness (QED) is 0.613. The Morgan fingerprint density at radius 1 is 1.07 bits per heavy atom. The van der Waals surface area contributed by atoms with Crippen LogP contribution in [-0.4, -0.2) is 16.5 Å². The maximum Gasteiger partial charge on any atom is 0.173 e. The van der Waals surface area contributed by atoms with E-state index in [1.165, 1.54) is 6.42 Å². The summed E-state index contributed by atoms with van der Waals surface area (Å²) in [5, 5.41) is 10.7. The standard InChI is InChI=1S/C12H14O2/c1-11-7-3-2-4-6-5(3)9(11)10(6)12(13,14-11)8(4)7/h3-10,13H,2H2,1H3/t3-,4-,5+,6+,7+,8+,9+,10+,11-,12-/m0/s1. The topological polar surface area (TPSA) is 29.5 Å². The molecule has 4 bridgehead atoms. The van der Waals surface area contributed by atoms with Crippen LogP contribution in [0.25, 0.3) is 0 Å². The van der Waals surface area contributed by atoms with Crippen molar-refractivity contribution < 1.29 is 9.84 Å². The average molecular weight is 190 g/mol. The minimum atomic E-state index is -0.652. The van der Waals surface area contributed by atoms with Crippen molar-refractivity contribution in [1.29, 1.82) is 0 Å². The van der Waals surface area contributed by atoms with E-state index in [1.54, 1.807) is 0 Å². The van der Waals surface area contributed by atoms with Crippen LogP contribution in [0.3, 0.4) is 0 Å². The molecule has 5 saturated carbocycles. The van der Waals surface area contributed by atoms with E-state index in [-0.39, 0.29) is 5.60 Å². The summed E-state index contributed by atoms with van der Waals surface area (Å²) in [6.45, 7) is 2.30. The van der Waals surface area contributed by atoms with Crippen LogP contribution in [-0.2, 0) is 4.74 Å². The lowest BCUT2D eigenvalue weighted by molar-refractivity contribution is -0.208. The normalized spacial score (nSPS) is 93.0. The van der Waals surface area contributed by atoms with Crippen molar-refractivity contribution in [3.05, 3.63) is 0 Å². The Morgan fingerprint density at radius 3 is 2.64 bits per heavy atom. The van der Waals surface area contributed by atoms with Crippen LogP contribution in [0, 0.1) is 47.3 Å². The van der Waals surface area contributed by atoms with Gasteiger partial charge < -0.3 is 9.84 Å². The summed E-state index contributed by atoms with van der Waals surface area (Å²) in [5.74, 6) is 5.57. The van der Waals surface area contributed by atoms with Crippen molar-refractivity contribution in [2.75, 3.05) is 0 Å². The predicted octanol–water partition coefficient (Wildman–Crippen LogP) is 0.852. The number of rotatable bonds is 0. The first-order chi connectivity index (χ1) is 6.68. The SMILES string of the molecule is C[C@@]12O[C@@]3(O)[C@@H]4[C@H]5C[C@@H]([C@@H]6[C@@H]5[C@@H]3[C@@H]61)[C@H]42. The van der Waals surface area contributed by atoms with Gasteiger partial charge in [0.15, 0.2) is 5.79 Å². The molecule has 0 aromatic rings. The van der Waals surface area contributed by atoms with Crippen LogP contribution in [0.5, 0.6) is 0 Å². The highest BCUT2D eigenvalue weighted by Gasteiger charge is 2.96. The third-order valence-corrected chi connectivity index (χ3v) is 7.17. The average Bonchev–Trinajstić information content (AvgIpc) is 2.60. The Kier molecular flexibility index (Phi) is 0.592. The van der Waals surface area contributed by atoms with Gasteiger partial charge in [0.05, 0.1) is 5.60 Å². The van der Waals surface area contributed by atoms with Crippen molar-refractivity contribution in [1.82, 2.24) is 0 Å². The molecule has 2 nitrogen and oxygen atoms in total. The molecule has 2 heterocycles. The first kappa shape index (κ1) is 6.49. The van der Waals surface area contributed by atoms with Gasteiger partial charge in [-0.25, -0.2) is 0 Å². The fraction of sp³-hybridized carbons (Fsp3) is 1.00. The van der Waals surface area contributed by atoms with Gasteiger partial charge in [0.25, 0.3) is 0 Å². The molecule has 14 heavy (non-hydrogen) atoms. The monoisotopic (exact) mass is 190 g/mol. The molecule has 2 heteroatoms. The Morgan fingerprint density at radius 2 is 1.79 bits per heavy atom. The fourth-order valence-electron chi connectivity index (χ4n) is 7.54. The lowest BCUT2D eigenvalue weighted by Gasteiger charge is -2.45. The smallest absolute Gasteiger partial charge is 0.173 e. The highest BCUT2D eigenvalue weighted by molar-refractivity contribution is 5.40. The van der Waals surface area contributed by atoms with Crippen LogP contribution in [0.2, 0.25) is 0 Å². The van der Waals surface area contributed by atoms with Gasteiger partial charge in [-0.05, 0) is 48.9 Å². The van der Waals surface area contributed by atoms with Crippen LogP contribution < -0.4 is 0 Å². The molecule has 0 radical (unpaired) electrons. The molecular formula is C12H14O2. The predicted molar refractivity (Wildman–Crippen MR) is 47.0 cm³/mol. The number of hydrogen-bond donors (Lipinski definition) is 1. The maximum atomic E-state index is 10.7. The highest BCUT2D eigenvalue weighted by atomic mass is 16.7. The van der Waals surface area contributed by atoms with E-state index < -0.39 is 5.79 Å². The van der Waals surface area contributed by atoms with E-state index >= 15 is 0 Å². The molecule has 7 aliphatic rings. The van der Waals surface area contributed by atoms with Crippen molar-refractivity contribution in [2.45, 2.75) is 24.7 Å². The molecule has 74 valence electrons. The Hall–Kier alpha value is -0.0800. The van der Waals surface area contributed by atoms with Crippen molar-refractivity contribution in [3.63, 3.8) is 0 Å². The molecule has 7 rings (SSSR count). The van der Waals surface area contributed by atoms with Gasteiger partial charge in [-0.2, -0.15) is 0 Å². The first-order valence-electron chi connectivity index (χ1n) is 6.10. The van der Waals surface area contributed by atoms with Crippen molar-refractivity contribution in [3.8, 4) is 0 Å². The number of aliphatic hydroxyl groups is 1. The zero-order chi connectivity index (χ0) is 9.03. The van der Waals surface area contributed by atoms with Gasteiger partial charge in [0.1, 0.15) is 0 Å². The third kappa shape index (κ3) is 0.291. The Bertz CT molecular complexity index is 367. The molecule has 0 unspecified atom stereocenters. The van der Waals surface area contributed by atoms with E-state index in [2.05, 4.69) is 6.92 Å². The van der Waals surface area contributed by atoms with E-state index in [4.69, 9.17) is 4.74 Å². The number of hydrogen-bond acceptors (Lipinski definition) is 2. The van der Waals surface area contributed by atoms with E-state index in [0.29, 0.717) is 11.8 Å². The minimum Gasteiger partial charge on any atom is -0.365 e. The van der Waals surface area contributed by atoms with Gasteiger partial charge in [0, 0.05) is 11.8 Å². The first-order valence-corrected chi connectivity index (χ1v) is 6.10. The van der Waals surface area contributed by atoms with Crippen molar-refractivity contribution >= 4 is 0 Å². The Labute approximate surface area is 82.6 Å². The van der Waals surface area contributed by atoms with Gasteiger partial charge in [-0.3, -0.25) is 0 Å². The highest BCUT2D eigenvalue weighted by Crippen LogP contribution is 2.92. The van der Waals surface area contributed by atoms with Gasteiger partial charge in [0.2, 0.25) is 0 Å². The summed E-state index contributed by atoms with van der Waals surface area (Å²) in [4.78, 5) is 0. The fourth-order valence-corrected chi connectivity index (χ4v) is 7.54. The van der Waals surface area contributed by atoms with Crippen LogP contribution >= 0.6 is 0 Å². The van der Waals surface area contributed by atoms with Gasteiger partial charge >= 0.3 is 0 Å². The third-order valence-electron chi connectivity index (χ3n) is 7.17. The minimum absolute atomic E-state index is 0.0984. The van der Waals surface area contributed by atoms with E-state index in [9.17, 15) is 5.11 Å². The van der Waals surface area contributed by atoms with Crippen molar-refractivity contribution in [2.24, 2.45) is 47.3 Å². The molecule has 10 atom stereocenters. The molecule has 5 aliphatic carbocycles. The second kappa shape index (κ2) is 1.28. The molecule has 1 N–H and O–H groups in total. The zero-order valence-corrected chi connectivity index (χ0v) is 8.18. The van der Waals surface area contributed by atoms with Crippen LogP contribution in [0.15, 0.2) is 0 Å². The molecule has 2 aliphatic heterocycles. The van der Waals surface area contributed by atoms with E-state index in [1.807, 2.05) is 0 Å². The van der Waals surface area contributed by atoms with Gasteiger partial charge in [-0.1, -0.05) is 0 Å². The van der Waals surface area contributed by atoms with Crippen LogP contribution in [0.1, 0.15) is 13.3 Å². The molecule has 2 saturated heterocycles. The lowest BCUT2D eigenvalue weighted by atomic mass is 9.57. The molecule has 0 amide bonds. The summed E-state index contributed by atoms with van der Waals surface area (Å²) >= 11 is 0. The summed E-state index contributed by atoms with van der Waals surface area (Å²) in [6, 6.07) is 0. The zero-order valence-electron chi connectivity index (χ0n) is 8.18. The summed E-state index contributed by atoms with van der Waals surface area (Å²) in [7, 11) is 0. The largest absolute Gasteiger partial charge is 0.365 e. The molecule has 7 fully saturated rings. The summed E-state index contributed by atoms with van der Waals surface area (Å²) < 4.78 is 6.10. The second-order valence-corrected chi connectivity index (χ2v) is 6.86. The molecule has 0 aromatic carbocycles. The summed E-state index contributed by atoms with van der Waals surface area (Å²) in [5.41, 5.74) is 0.0984. The molecular weight excluding hydrogens is 176 g/mol. The number of ether oxygens (including phenoxy) is 1. The van der Waals surface area contributed by atoms with Crippen LogP contribution in [0.4, 0.5) is 0 Å². The molecule has 0 aromatic heterocycles. The lowest BCUT2D eigenvalue weighted by Crippen LogP contribution is -2.50. The molecule has 0 spiro atoms. The Balaban J connectivity index is 1.83. The van der Waals surface area contributed by atoms with Gasteiger partial charge in [-0.15, -0.1) is 0 Å². The maximum absolute atomic E-state index is 10.7. The van der Waals surface area contributed by atoms with E-state index in [0.717, 1.165) is 35.5 Å².